The molecule has 0 fully saturated rings. The SMILES string of the molecule is Oc1c(C=C2N=c3ccccc3=N2)sc(=S)n1-c1ccccc1F. The van der Waals surface area contributed by atoms with E-state index in [1.807, 2.05) is 24.3 Å². The number of fused-ring (bicyclic) bond motifs is 1. The van der Waals surface area contributed by atoms with Gasteiger partial charge in [-0.15, -0.1) is 11.3 Å². The normalized spacial score (nSPS) is 12.5. The summed E-state index contributed by atoms with van der Waals surface area (Å²) in [7, 11) is 0. The molecule has 1 N–H and O–H groups in total. The average molecular weight is 355 g/mol. The van der Waals surface area contributed by atoms with Crippen LogP contribution >= 0.6 is 23.6 Å². The topological polar surface area (TPSA) is 49.9 Å². The first-order chi connectivity index (χ1) is 11.6. The zero-order valence-electron chi connectivity index (χ0n) is 12.2. The summed E-state index contributed by atoms with van der Waals surface area (Å²) in [6.45, 7) is 0. The van der Waals surface area contributed by atoms with E-state index in [0.717, 1.165) is 10.7 Å². The maximum absolute atomic E-state index is 14.0. The summed E-state index contributed by atoms with van der Waals surface area (Å²) >= 11 is 6.45. The molecule has 0 aliphatic carbocycles. The van der Waals surface area contributed by atoms with Gasteiger partial charge in [0.15, 0.2) is 9.78 Å². The second-order valence-corrected chi connectivity index (χ2v) is 6.73. The van der Waals surface area contributed by atoms with Crippen LogP contribution in [0.4, 0.5) is 4.39 Å². The van der Waals surface area contributed by atoms with Crippen LogP contribution in [-0.4, -0.2) is 9.67 Å². The van der Waals surface area contributed by atoms with E-state index in [-0.39, 0.29) is 11.6 Å². The Hall–Kier alpha value is -2.64. The molecule has 0 saturated heterocycles. The third-order valence-corrected chi connectivity index (χ3v) is 4.83. The highest BCUT2D eigenvalue weighted by atomic mass is 32.1. The van der Waals surface area contributed by atoms with Gasteiger partial charge >= 0.3 is 0 Å². The van der Waals surface area contributed by atoms with Crippen molar-refractivity contribution in [1.29, 1.82) is 0 Å². The van der Waals surface area contributed by atoms with Gasteiger partial charge in [-0.05, 0) is 36.5 Å². The maximum atomic E-state index is 14.0. The summed E-state index contributed by atoms with van der Waals surface area (Å²) in [4.78, 5) is 9.26. The molecule has 1 aliphatic rings. The molecule has 0 amide bonds. The Morgan fingerprint density at radius 1 is 1.04 bits per heavy atom. The summed E-state index contributed by atoms with van der Waals surface area (Å²) in [6.07, 6.45) is 1.65. The summed E-state index contributed by atoms with van der Waals surface area (Å²) in [5.41, 5.74) is 0.212. The van der Waals surface area contributed by atoms with E-state index < -0.39 is 5.82 Å². The Kier molecular flexibility index (Phi) is 3.59. The molecule has 118 valence electrons. The Bertz CT molecular complexity index is 1120. The van der Waals surface area contributed by atoms with E-state index in [1.54, 1.807) is 24.3 Å². The Labute approximate surface area is 145 Å². The lowest BCUT2D eigenvalue weighted by molar-refractivity contribution is 0.438. The first-order valence-electron chi connectivity index (χ1n) is 7.07. The van der Waals surface area contributed by atoms with Crippen molar-refractivity contribution in [3.63, 3.8) is 0 Å². The Morgan fingerprint density at radius 3 is 2.33 bits per heavy atom. The molecule has 4 rings (SSSR count). The fourth-order valence-electron chi connectivity index (χ4n) is 2.43. The highest BCUT2D eigenvalue weighted by molar-refractivity contribution is 7.73. The second-order valence-electron chi connectivity index (χ2n) is 5.06. The van der Waals surface area contributed by atoms with Crippen LogP contribution in [0.15, 0.2) is 64.3 Å². The number of para-hydroxylation sites is 3. The molecule has 1 aliphatic heterocycles. The van der Waals surface area contributed by atoms with Gasteiger partial charge in [0.05, 0.1) is 21.3 Å². The van der Waals surface area contributed by atoms with E-state index in [1.165, 1.54) is 22.0 Å². The van der Waals surface area contributed by atoms with Gasteiger partial charge in [-0.3, -0.25) is 4.57 Å². The summed E-state index contributed by atoms with van der Waals surface area (Å²) in [5.74, 6) is -0.101. The average Bonchev–Trinajstić information content (AvgIpc) is 3.09. The number of rotatable bonds is 2. The maximum Gasteiger partial charge on any atom is 0.215 e. The molecule has 0 radical (unpaired) electrons. The van der Waals surface area contributed by atoms with Crippen molar-refractivity contribution in [3.05, 3.63) is 79.7 Å². The van der Waals surface area contributed by atoms with Crippen molar-refractivity contribution in [2.75, 3.05) is 0 Å². The molecule has 0 atom stereocenters. The first kappa shape index (κ1) is 14.9. The molecule has 0 bridgehead atoms. The van der Waals surface area contributed by atoms with Gasteiger partial charge in [0.25, 0.3) is 0 Å². The molecule has 0 saturated carbocycles. The molecule has 0 unspecified atom stereocenters. The lowest BCUT2D eigenvalue weighted by atomic mass is 10.3. The van der Waals surface area contributed by atoms with Crippen LogP contribution < -0.4 is 10.7 Å². The van der Waals surface area contributed by atoms with Crippen LogP contribution in [0.25, 0.3) is 11.8 Å². The van der Waals surface area contributed by atoms with Gasteiger partial charge in [-0.1, -0.05) is 24.3 Å². The molecule has 24 heavy (non-hydrogen) atoms. The van der Waals surface area contributed by atoms with Gasteiger partial charge in [0.1, 0.15) is 5.82 Å². The molecule has 4 nitrogen and oxygen atoms in total. The van der Waals surface area contributed by atoms with Crippen LogP contribution in [0.2, 0.25) is 0 Å². The predicted octanol–water partition coefficient (Wildman–Crippen LogP) is 3.36. The fraction of sp³-hybridized carbons (Fsp3) is 0. The predicted molar refractivity (Wildman–Crippen MR) is 92.8 cm³/mol. The quantitative estimate of drug-likeness (QED) is 0.717. The van der Waals surface area contributed by atoms with Gasteiger partial charge < -0.3 is 5.11 Å². The number of aromatic hydroxyl groups is 1. The van der Waals surface area contributed by atoms with Crippen molar-refractivity contribution in [3.8, 4) is 11.6 Å². The second kappa shape index (κ2) is 5.77. The molecule has 3 aromatic rings. The summed E-state index contributed by atoms with van der Waals surface area (Å²) < 4.78 is 15.7. The number of benzene rings is 2. The van der Waals surface area contributed by atoms with Crippen molar-refractivity contribution >= 4 is 29.6 Å². The standard InChI is InChI=1S/C17H10FN3OS2/c18-10-5-1-4-8-13(10)21-16(22)14(24-17(21)23)9-15-19-11-6-2-3-7-12(11)20-15/h1-9,22H. The summed E-state index contributed by atoms with van der Waals surface area (Å²) in [6, 6.07) is 13.7. The van der Waals surface area contributed by atoms with Crippen LogP contribution in [-0.2, 0) is 0 Å². The fourth-order valence-corrected chi connectivity index (χ4v) is 3.69. The molecular weight excluding hydrogens is 345 g/mol. The van der Waals surface area contributed by atoms with Gasteiger partial charge in [0, 0.05) is 6.08 Å². The van der Waals surface area contributed by atoms with Crippen molar-refractivity contribution in [2.24, 2.45) is 9.98 Å². The summed E-state index contributed by atoms with van der Waals surface area (Å²) in [5, 5.41) is 12.0. The molecule has 0 spiro atoms. The molecule has 2 aromatic carbocycles. The largest absolute Gasteiger partial charge is 0.493 e. The molecular formula is C17H10FN3OS2. The van der Waals surface area contributed by atoms with E-state index in [9.17, 15) is 9.50 Å². The molecule has 2 heterocycles. The molecule has 1 aromatic heterocycles. The number of hydrogen-bond donors (Lipinski definition) is 1. The third kappa shape index (κ3) is 2.47. The highest BCUT2D eigenvalue weighted by Crippen LogP contribution is 2.32. The van der Waals surface area contributed by atoms with Crippen LogP contribution in [0.1, 0.15) is 4.88 Å². The molecule has 7 heteroatoms. The van der Waals surface area contributed by atoms with E-state index >= 15 is 0 Å². The zero-order valence-corrected chi connectivity index (χ0v) is 13.8. The van der Waals surface area contributed by atoms with Crippen LogP contribution in [0.3, 0.4) is 0 Å². The van der Waals surface area contributed by atoms with E-state index in [2.05, 4.69) is 9.98 Å². The van der Waals surface area contributed by atoms with E-state index in [0.29, 0.717) is 14.7 Å². The number of hydrogen-bond acceptors (Lipinski definition) is 5. The van der Waals surface area contributed by atoms with E-state index in [4.69, 9.17) is 12.2 Å². The zero-order chi connectivity index (χ0) is 16.7. The van der Waals surface area contributed by atoms with Crippen LogP contribution in [0.5, 0.6) is 5.88 Å². The Balaban J connectivity index is 1.84. The minimum atomic E-state index is -0.455. The van der Waals surface area contributed by atoms with Crippen molar-refractivity contribution in [1.82, 2.24) is 4.57 Å². The minimum absolute atomic E-state index is 0.121. The Morgan fingerprint density at radius 2 is 1.67 bits per heavy atom. The van der Waals surface area contributed by atoms with Crippen LogP contribution in [0, 0.1) is 9.77 Å². The minimum Gasteiger partial charge on any atom is -0.493 e. The number of halogens is 1. The number of thiazole rings is 1. The van der Waals surface area contributed by atoms with Gasteiger partial charge in [0.2, 0.25) is 5.88 Å². The highest BCUT2D eigenvalue weighted by Gasteiger charge is 2.15. The number of aromatic nitrogens is 1. The smallest absolute Gasteiger partial charge is 0.215 e. The monoisotopic (exact) mass is 355 g/mol. The lowest BCUT2D eigenvalue weighted by Crippen LogP contribution is -2.19. The van der Waals surface area contributed by atoms with Gasteiger partial charge in [-0.25, -0.2) is 14.4 Å². The van der Waals surface area contributed by atoms with Gasteiger partial charge in [-0.2, -0.15) is 0 Å². The lowest BCUT2D eigenvalue weighted by Gasteiger charge is -2.05. The third-order valence-electron chi connectivity index (χ3n) is 3.52. The number of nitrogens with zero attached hydrogens (tertiary/aromatic N) is 3. The van der Waals surface area contributed by atoms with Crippen molar-refractivity contribution < 1.29 is 9.50 Å². The first-order valence-corrected chi connectivity index (χ1v) is 8.30. The van der Waals surface area contributed by atoms with Crippen molar-refractivity contribution in [2.45, 2.75) is 0 Å².